The first kappa shape index (κ1) is 17.3. The Morgan fingerprint density at radius 3 is 2.54 bits per heavy atom. The lowest BCUT2D eigenvalue weighted by molar-refractivity contribution is -0.130. The smallest absolute Gasteiger partial charge is 0.258 e. The summed E-state index contributed by atoms with van der Waals surface area (Å²) in [5.41, 5.74) is -0.536. The number of hydrogen-bond acceptors (Lipinski definition) is 7. The fourth-order valence-electron chi connectivity index (χ4n) is 3.35. The second-order valence-corrected chi connectivity index (χ2v) is 8.79. The first-order chi connectivity index (χ1) is 11.4. The predicted octanol–water partition coefficient (Wildman–Crippen LogP) is 0.675. The molecule has 134 valence electrons. The molecule has 1 amide bonds. The van der Waals surface area contributed by atoms with Crippen molar-refractivity contribution in [3.63, 3.8) is 0 Å². The molecular weight excluding hydrogens is 334 g/mol. The van der Waals surface area contributed by atoms with Crippen molar-refractivity contribution in [1.82, 2.24) is 15.0 Å². The van der Waals surface area contributed by atoms with Gasteiger partial charge < -0.3 is 14.2 Å². The van der Waals surface area contributed by atoms with Crippen LogP contribution in [0.5, 0.6) is 0 Å². The molecule has 0 atom stereocenters. The van der Waals surface area contributed by atoms with E-state index in [9.17, 15) is 13.2 Å². The minimum Gasteiger partial charge on any atom is -0.368 e. The van der Waals surface area contributed by atoms with Gasteiger partial charge in [0, 0.05) is 20.2 Å². The van der Waals surface area contributed by atoms with Gasteiger partial charge in [0.05, 0.1) is 17.9 Å². The highest BCUT2D eigenvalue weighted by Gasteiger charge is 2.39. The van der Waals surface area contributed by atoms with Crippen LogP contribution in [-0.2, 0) is 31.4 Å². The molecule has 0 N–H and O–H groups in total. The summed E-state index contributed by atoms with van der Waals surface area (Å²) < 4.78 is 33.9. The predicted molar refractivity (Wildman–Crippen MR) is 85.0 cm³/mol. The van der Waals surface area contributed by atoms with E-state index in [0.717, 1.165) is 25.7 Å². The van der Waals surface area contributed by atoms with Gasteiger partial charge in [-0.15, -0.1) is 0 Å². The van der Waals surface area contributed by atoms with Gasteiger partial charge in [-0.25, -0.2) is 8.42 Å². The van der Waals surface area contributed by atoms with E-state index in [1.165, 1.54) is 6.42 Å². The number of ether oxygens (including phenoxy) is 1. The summed E-state index contributed by atoms with van der Waals surface area (Å²) in [6, 6.07) is 0. The van der Waals surface area contributed by atoms with Crippen molar-refractivity contribution in [2.45, 2.75) is 44.1 Å². The number of sulfone groups is 1. The normalized spacial score (nSPS) is 23.1. The summed E-state index contributed by atoms with van der Waals surface area (Å²) in [5.74, 6) is 0.623. The van der Waals surface area contributed by atoms with Crippen LogP contribution < -0.4 is 0 Å². The van der Waals surface area contributed by atoms with Crippen LogP contribution in [0.25, 0.3) is 0 Å². The van der Waals surface area contributed by atoms with Crippen molar-refractivity contribution in [2.75, 3.05) is 31.7 Å². The molecule has 1 aliphatic carbocycles. The molecule has 1 aromatic heterocycles. The lowest BCUT2D eigenvalue weighted by Gasteiger charge is -2.32. The summed E-state index contributed by atoms with van der Waals surface area (Å²) >= 11 is 0. The Kier molecular flexibility index (Phi) is 4.91. The molecule has 2 heterocycles. The molecule has 0 radical (unpaired) electrons. The minimum atomic E-state index is -3.00. The summed E-state index contributed by atoms with van der Waals surface area (Å²) in [5, 5.41) is 3.92. The lowest BCUT2D eigenvalue weighted by atomic mass is 9.84. The van der Waals surface area contributed by atoms with Crippen molar-refractivity contribution in [2.24, 2.45) is 0 Å². The van der Waals surface area contributed by atoms with Crippen molar-refractivity contribution < 1.29 is 22.5 Å². The molecule has 0 spiro atoms. The van der Waals surface area contributed by atoms with E-state index in [1.807, 2.05) is 0 Å². The van der Waals surface area contributed by atoms with Gasteiger partial charge in [0.15, 0.2) is 15.7 Å². The average Bonchev–Trinajstić information content (AvgIpc) is 3.04. The highest BCUT2D eigenvalue weighted by molar-refractivity contribution is 7.91. The van der Waals surface area contributed by atoms with E-state index in [4.69, 9.17) is 9.26 Å². The Morgan fingerprint density at radius 1 is 1.25 bits per heavy atom. The van der Waals surface area contributed by atoms with E-state index in [0.29, 0.717) is 11.7 Å². The number of hydrogen-bond donors (Lipinski definition) is 0. The van der Waals surface area contributed by atoms with Gasteiger partial charge in [-0.2, -0.15) is 4.98 Å². The molecule has 0 bridgehead atoms. The zero-order valence-electron chi connectivity index (χ0n) is 13.9. The molecule has 3 rings (SSSR count). The SMILES string of the molecule is COC1(c2nc(CC(=O)N3CCS(=O)(=O)CC3)no2)CCCCC1. The van der Waals surface area contributed by atoms with Crippen LogP contribution in [-0.4, -0.2) is 61.1 Å². The van der Waals surface area contributed by atoms with Crippen LogP contribution in [0, 0.1) is 0 Å². The van der Waals surface area contributed by atoms with E-state index >= 15 is 0 Å². The quantitative estimate of drug-likeness (QED) is 0.780. The highest BCUT2D eigenvalue weighted by atomic mass is 32.2. The third-order valence-corrected chi connectivity index (χ3v) is 6.53. The lowest BCUT2D eigenvalue weighted by Crippen LogP contribution is -2.44. The molecule has 1 saturated carbocycles. The highest BCUT2D eigenvalue weighted by Crippen LogP contribution is 2.39. The third-order valence-electron chi connectivity index (χ3n) is 4.92. The molecule has 1 aliphatic heterocycles. The van der Waals surface area contributed by atoms with Crippen LogP contribution in [0.4, 0.5) is 0 Å². The number of amides is 1. The summed E-state index contributed by atoms with van der Waals surface area (Å²) in [6.45, 7) is 0.460. The fraction of sp³-hybridized carbons (Fsp3) is 0.800. The fourth-order valence-corrected chi connectivity index (χ4v) is 4.55. The molecular formula is C15H23N3O5S. The number of rotatable bonds is 4. The number of nitrogens with zero attached hydrogens (tertiary/aromatic N) is 3. The Hall–Kier alpha value is -1.48. The molecule has 0 aromatic carbocycles. The zero-order valence-corrected chi connectivity index (χ0v) is 14.7. The summed E-state index contributed by atoms with van der Waals surface area (Å²) in [7, 11) is -1.36. The van der Waals surface area contributed by atoms with Gasteiger partial charge in [0.1, 0.15) is 5.60 Å². The Morgan fingerprint density at radius 2 is 1.92 bits per heavy atom. The molecule has 1 aromatic rings. The van der Waals surface area contributed by atoms with Crippen molar-refractivity contribution in [1.29, 1.82) is 0 Å². The molecule has 2 fully saturated rings. The second-order valence-electron chi connectivity index (χ2n) is 6.48. The monoisotopic (exact) mass is 357 g/mol. The van der Waals surface area contributed by atoms with Crippen LogP contribution in [0.1, 0.15) is 43.8 Å². The molecule has 0 unspecified atom stereocenters. The molecule has 9 heteroatoms. The van der Waals surface area contributed by atoms with Crippen LogP contribution >= 0.6 is 0 Å². The first-order valence-corrected chi connectivity index (χ1v) is 10.1. The molecule has 24 heavy (non-hydrogen) atoms. The van der Waals surface area contributed by atoms with Gasteiger partial charge in [0.2, 0.25) is 5.91 Å². The first-order valence-electron chi connectivity index (χ1n) is 8.30. The summed E-state index contributed by atoms with van der Waals surface area (Å²) in [4.78, 5) is 18.2. The van der Waals surface area contributed by atoms with Gasteiger partial charge in [0.25, 0.3) is 5.89 Å². The molecule has 2 aliphatic rings. The molecule has 8 nitrogen and oxygen atoms in total. The van der Waals surface area contributed by atoms with E-state index in [2.05, 4.69) is 10.1 Å². The van der Waals surface area contributed by atoms with Gasteiger partial charge in [-0.1, -0.05) is 24.4 Å². The number of carbonyl (C=O) groups is 1. The van der Waals surface area contributed by atoms with Crippen LogP contribution in [0.3, 0.4) is 0 Å². The Labute approximate surface area is 141 Å². The second kappa shape index (κ2) is 6.79. The Bertz CT molecular complexity index is 680. The van der Waals surface area contributed by atoms with Crippen molar-refractivity contribution in [3.05, 3.63) is 11.7 Å². The van der Waals surface area contributed by atoms with Crippen molar-refractivity contribution >= 4 is 15.7 Å². The van der Waals surface area contributed by atoms with Crippen LogP contribution in [0.15, 0.2) is 4.52 Å². The number of aromatic nitrogens is 2. The number of methoxy groups -OCH3 is 1. The third kappa shape index (κ3) is 3.61. The van der Waals surface area contributed by atoms with Gasteiger partial charge in [-0.3, -0.25) is 4.79 Å². The number of carbonyl (C=O) groups excluding carboxylic acids is 1. The van der Waals surface area contributed by atoms with Crippen molar-refractivity contribution in [3.8, 4) is 0 Å². The zero-order chi connectivity index (χ0) is 17.2. The minimum absolute atomic E-state index is 0.0169. The largest absolute Gasteiger partial charge is 0.368 e. The van der Waals surface area contributed by atoms with E-state index < -0.39 is 15.4 Å². The summed E-state index contributed by atoms with van der Waals surface area (Å²) in [6.07, 6.45) is 4.96. The average molecular weight is 357 g/mol. The maximum atomic E-state index is 12.3. The van der Waals surface area contributed by atoms with E-state index in [-0.39, 0.29) is 36.9 Å². The van der Waals surface area contributed by atoms with Gasteiger partial charge >= 0.3 is 0 Å². The van der Waals surface area contributed by atoms with Gasteiger partial charge in [-0.05, 0) is 12.8 Å². The maximum absolute atomic E-state index is 12.3. The van der Waals surface area contributed by atoms with E-state index in [1.54, 1.807) is 12.0 Å². The standard InChI is InChI=1S/C15H23N3O5S/c1-22-15(5-3-2-4-6-15)14-16-12(17-23-14)11-13(19)18-7-9-24(20,21)10-8-18/h2-11H2,1H3. The Balaban J connectivity index is 1.64. The maximum Gasteiger partial charge on any atom is 0.258 e. The topological polar surface area (TPSA) is 103 Å². The van der Waals surface area contributed by atoms with Crippen LogP contribution in [0.2, 0.25) is 0 Å². The molecule has 1 saturated heterocycles.